The Morgan fingerprint density at radius 1 is 0.679 bits per heavy atom. The summed E-state index contributed by atoms with van der Waals surface area (Å²) in [4.78, 5) is 0. The van der Waals surface area contributed by atoms with E-state index in [1.54, 1.807) is 28.4 Å². The topological polar surface area (TPSA) is 36.9 Å². The molecular weight excluding hydrogens is 352 g/mol. The van der Waals surface area contributed by atoms with Crippen LogP contribution in [0.3, 0.4) is 0 Å². The van der Waals surface area contributed by atoms with E-state index in [0.717, 1.165) is 12.4 Å². The molecule has 0 amide bonds. The molecule has 4 nitrogen and oxygen atoms in total. The van der Waals surface area contributed by atoms with Crippen LogP contribution in [0.4, 0.5) is 0 Å². The molecule has 1 aromatic carbocycles. The predicted octanol–water partition coefficient (Wildman–Crippen LogP) is 6.94. The van der Waals surface area contributed by atoms with Crippen molar-refractivity contribution in [1.29, 1.82) is 0 Å². The summed E-state index contributed by atoms with van der Waals surface area (Å²) in [5.74, 6) is 0.908. The summed E-state index contributed by atoms with van der Waals surface area (Å²) in [7, 11) is 6.50. The van der Waals surface area contributed by atoms with E-state index in [9.17, 15) is 0 Å². The van der Waals surface area contributed by atoms with E-state index in [-0.39, 0.29) is 7.43 Å². The highest BCUT2D eigenvalue weighted by atomic mass is 16.5. The molecule has 170 valence electrons. The van der Waals surface area contributed by atoms with Gasteiger partial charge in [0.25, 0.3) is 0 Å². The van der Waals surface area contributed by atoms with Crippen molar-refractivity contribution >= 4 is 0 Å². The van der Waals surface area contributed by atoms with Gasteiger partial charge in [-0.15, -0.1) is 0 Å². The monoisotopic (exact) mass is 402 g/mol. The average molecular weight is 403 g/mol. The second-order valence-corrected chi connectivity index (χ2v) is 6.09. The van der Waals surface area contributed by atoms with Crippen LogP contribution in [-0.4, -0.2) is 48.3 Å². The van der Waals surface area contributed by atoms with Crippen LogP contribution in [-0.2, 0) is 14.2 Å². The number of hydrogen-bond donors (Lipinski definition) is 0. The zero-order valence-electron chi connectivity index (χ0n) is 19.3. The molecule has 1 aromatic rings. The highest BCUT2D eigenvalue weighted by Gasteiger charge is 1.92. The van der Waals surface area contributed by atoms with Crippen molar-refractivity contribution in [2.45, 2.75) is 73.6 Å². The molecule has 0 saturated carbocycles. The summed E-state index contributed by atoms with van der Waals surface area (Å²) in [6.07, 6.45) is 8.49. The first-order valence-electron chi connectivity index (χ1n) is 10.1. The first-order chi connectivity index (χ1) is 13.1. The second kappa shape index (κ2) is 33.5. The minimum Gasteiger partial charge on any atom is -0.491 e. The molecule has 0 aliphatic heterocycles. The van der Waals surface area contributed by atoms with Gasteiger partial charge in [0.1, 0.15) is 12.4 Å². The van der Waals surface area contributed by atoms with E-state index >= 15 is 0 Å². The molecule has 0 aliphatic rings. The van der Waals surface area contributed by atoms with Crippen molar-refractivity contribution in [1.82, 2.24) is 0 Å². The molecule has 0 saturated heterocycles. The van der Waals surface area contributed by atoms with Gasteiger partial charge in [0.15, 0.2) is 0 Å². The van der Waals surface area contributed by atoms with Gasteiger partial charge in [-0.1, -0.05) is 77.5 Å². The fraction of sp³-hybridized carbons (Fsp3) is 0.750. The van der Waals surface area contributed by atoms with Gasteiger partial charge in [-0.2, -0.15) is 0 Å². The van der Waals surface area contributed by atoms with Crippen LogP contribution in [0.15, 0.2) is 24.3 Å². The zero-order valence-corrected chi connectivity index (χ0v) is 19.3. The fourth-order valence-corrected chi connectivity index (χ4v) is 1.85. The molecule has 28 heavy (non-hydrogen) atoms. The molecular formula is C24H50O4. The van der Waals surface area contributed by atoms with E-state index in [1.807, 2.05) is 31.2 Å². The van der Waals surface area contributed by atoms with E-state index < -0.39 is 0 Å². The number of hydrogen-bond acceptors (Lipinski definition) is 4. The van der Waals surface area contributed by atoms with Gasteiger partial charge in [-0.3, -0.25) is 0 Å². The van der Waals surface area contributed by atoms with Gasteiger partial charge in [-0.05, 0) is 26.0 Å². The van der Waals surface area contributed by atoms with Crippen molar-refractivity contribution in [3.63, 3.8) is 0 Å². The third-order valence-corrected chi connectivity index (χ3v) is 3.18. The van der Waals surface area contributed by atoms with Crippen molar-refractivity contribution in [2.75, 3.05) is 48.3 Å². The Morgan fingerprint density at radius 3 is 1.46 bits per heavy atom. The van der Waals surface area contributed by atoms with Crippen LogP contribution in [0.5, 0.6) is 5.75 Å². The Balaban J connectivity index is -0.000000165. The highest BCUT2D eigenvalue weighted by Crippen LogP contribution is 2.10. The van der Waals surface area contributed by atoms with Crippen molar-refractivity contribution < 1.29 is 18.9 Å². The van der Waals surface area contributed by atoms with E-state index in [0.29, 0.717) is 13.2 Å². The molecule has 0 N–H and O–H groups in total. The minimum absolute atomic E-state index is 0. The first-order valence-corrected chi connectivity index (χ1v) is 10.1. The van der Waals surface area contributed by atoms with Crippen molar-refractivity contribution in [3.05, 3.63) is 29.8 Å². The maximum absolute atomic E-state index is 5.44. The molecule has 0 aliphatic carbocycles. The zero-order chi connectivity index (χ0) is 21.2. The lowest BCUT2D eigenvalue weighted by Gasteiger charge is -2.05. The number of ether oxygens (including phenoxy) is 4. The number of methoxy groups -OCH3 is 2. The summed E-state index contributed by atoms with van der Waals surface area (Å²) in [6.45, 7) is 10.6. The largest absolute Gasteiger partial charge is 0.491 e. The first kappa shape index (κ1) is 34.4. The van der Waals surface area contributed by atoms with Crippen LogP contribution in [0.1, 0.15) is 72.3 Å². The Bertz CT molecular complexity index is 331. The normalized spacial score (nSPS) is 8.71. The molecule has 0 bridgehead atoms. The van der Waals surface area contributed by atoms with E-state index in [1.165, 1.54) is 44.1 Å². The van der Waals surface area contributed by atoms with Gasteiger partial charge >= 0.3 is 0 Å². The number of rotatable bonds is 10. The van der Waals surface area contributed by atoms with Crippen molar-refractivity contribution in [2.24, 2.45) is 0 Å². The molecule has 0 aromatic heterocycles. The molecule has 0 atom stereocenters. The summed E-state index contributed by atoms with van der Waals surface area (Å²) in [6, 6.07) is 8.02. The van der Waals surface area contributed by atoms with E-state index in [2.05, 4.69) is 30.2 Å². The van der Waals surface area contributed by atoms with Crippen LogP contribution >= 0.6 is 0 Å². The van der Waals surface area contributed by atoms with Crippen LogP contribution in [0.2, 0.25) is 0 Å². The summed E-state index contributed by atoms with van der Waals surface area (Å²) in [5.41, 5.74) is 1.25. The summed E-state index contributed by atoms with van der Waals surface area (Å²) < 4.78 is 19.1. The van der Waals surface area contributed by atoms with E-state index in [4.69, 9.17) is 9.47 Å². The van der Waals surface area contributed by atoms with Crippen molar-refractivity contribution in [3.8, 4) is 5.75 Å². The van der Waals surface area contributed by atoms with Gasteiger partial charge in [0.05, 0.1) is 6.61 Å². The molecule has 0 heterocycles. The molecule has 0 spiro atoms. The maximum atomic E-state index is 5.44. The van der Waals surface area contributed by atoms with Gasteiger partial charge in [0.2, 0.25) is 0 Å². The molecule has 0 fully saturated rings. The molecule has 0 radical (unpaired) electrons. The Hall–Kier alpha value is -1.10. The maximum Gasteiger partial charge on any atom is 0.119 e. The third-order valence-electron chi connectivity index (χ3n) is 3.18. The number of unbranched alkanes of at least 4 members (excludes halogenated alkanes) is 5. The third kappa shape index (κ3) is 35.9. The lowest BCUT2D eigenvalue weighted by molar-refractivity contribution is 0.110. The molecule has 1 rings (SSSR count). The Labute approximate surface area is 176 Å². The quantitative estimate of drug-likeness (QED) is 0.397. The average Bonchev–Trinajstić information content (AvgIpc) is 2.66. The molecule has 4 heteroatoms. The van der Waals surface area contributed by atoms with Gasteiger partial charge in [0, 0.05) is 35.0 Å². The van der Waals surface area contributed by atoms with Gasteiger partial charge in [-0.25, -0.2) is 0 Å². The lowest BCUT2D eigenvalue weighted by atomic mass is 10.1. The van der Waals surface area contributed by atoms with Crippen LogP contribution < -0.4 is 4.74 Å². The van der Waals surface area contributed by atoms with Crippen LogP contribution in [0, 0.1) is 6.92 Å². The predicted molar refractivity (Wildman–Crippen MR) is 125 cm³/mol. The number of benzene rings is 1. The SMILES string of the molecule is C.CCCCCCCC.CCOCCOc1ccc(C)cc1.COC.COC. The molecule has 0 unspecified atom stereocenters. The Morgan fingerprint density at radius 2 is 1.11 bits per heavy atom. The standard InChI is InChI=1S/C11H16O2.C8H18.2C2H6O.CH4/c1-3-12-8-9-13-11-6-4-10(2)5-7-11;1-3-5-7-8-6-4-2;2*1-3-2;/h4-7H,3,8-9H2,1-2H3;3-8H2,1-2H3;2*1-2H3;1H4. The minimum atomic E-state index is 0. The summed E-state index contributed by atoms with van der Waals surface area (Å²) in [5, 5.41) is 0. The number of aryl methyl sites for hydroxylation is 1. The smallest absolute Gasteiger partial charge is 0.119 e. The second-order valence-electron chi connectivity index (χ2n) is 6.09. The Kier molecular flexibility index (Phi) is 41.1. The van der Waals surface area contributed by atoms with Crippen LogP contribution in [0.25, 0.3) is 0 Å². The highest BCUT2D eigenvalue weighted by molar-refractivity contribution is 5.26. The van der Waals surface area contributed by atoms with Gasteiger partial charge < -0.3 is 18.9 Å². The lowest BCUT2D eigenvalue weighted by Crippen LogP contribution is -2.06. The summed E-state index contributed by atoms with van der Waals surface area (Å²) >= 11 is 0. The fourth-order valence-electron chi connectivity index (χ4n) is 1.85.